The highest BCUT2D eigenvalue weighted by Gasteiger charge is 2.19. The number of amides is 2. The summed E-state index contributed by atoms with van der Waals surface area (Å²) in [5, 5.41) is 10.2. The lowest BCUT2D eigenvalue weighted by Crippen LogP contribution is -2.32. The molecule has 0 atom stereocenters. The van der Waals surface area contributed by atoms with Gasteiger partial charge in [-0.15, -0.1) is 0 Å². The lowest BCUT2D eigenvalue weighted by molar-refractivity contribution is 0.222. The van der Waals surface area contributed by atoms with E-state index in [-0.39, 0.29) is 11.9 Å². The van der Waals surface area contributed by atoms with Crippen LogP contribution in [-0.2, 0) is 0 Å². The van der Waals surface area contributed by atoms with Crippen LogP contribution in [0.3, 0.4) is 0 Å². The zero-order valence-electron chi connectivity index (χ0n) is 10.9. The van der Waals surface area contributed by atoms with E-state index in [0.29, 0.717) is 17.0 Å². The van der Waals surface area contributed by atoms with Crippen molar-refractivity contribution < 1.29 is 9.53 Å². The predicted molar refractivity (Wildman–Crippen MR) is 73.8 cm³/mol. The minimum absolute atomic E-state index is 0.0317. The van der Waals surface area contributed by atoms with Crippen molar-refractivity contribution in [2.45, 2.75) is 12.8 Å². The minimum atomic E-state index is -0.119. The van der Waals surface area contributed by atoms with Crippen molar-refractivity contribution >= 4 is 17.6 Å². The Labute approximate surface area is 112 Å². The molecule has 1 aliphatic rings. The number of benzene rings is 1. The number of carbonyl (C=O) groups excluding carboxylic acids is 1. The first-order valence-corrected chi connectivity index (χ1v) is 6.20. The molecule has 1 fully saturated rings. The summed E-state index contributed by atoms with van der Waals surface area (Å²) in [6.07, 6.45) is 2.10. The molecule has 1 aromatic carbocycles. The number of nitrogen functional groups attached to an aromatic ring is 1. The topological polar surface area (TPSA) is 91.4 Å². The van der Waals surface area contributed by atoms with E-state index in [9.17, 15) is 4.79 Å². The first-order valence-electron chi connectivity index (χ1n) is 6.20. The van der Waals surface area contributed by atoms with Crippen LogP contribution in [0.5, 0.6) is 5.75 Å². The van der Waals surface area contributed by atoms with E-state index in [4.69, 9.17) is 15.9 Å². The Morgan fingerprint density at radius 1 is 1.42 bits per heavy atom. The molecule has 1 aromatic rings. The summed E-state index contributed by atoms with van der Waals surface area (Å²) in [5.74, 6) is 0.468. The molecule has 1 aliphatic heterocycles. The standard InChI is InChI=1S/C13H18N4O2/c1-19-11-8-9(12(14)15)4-5-10(11)16-13(18)17-6-2-3-7-17/h4-5,8H,2-3,6-7H2,1H3,(H3,14,15)(H,16,18). The summed E-state index contributed by atoms with van der Waals surface area (Å²) in [7, 11) is 1.52. The van der Waals surface area contributed by atoms with E-state index in [1.807, 2.05) is 0 Å². The van der Waals surface area contributed by atoms with Gasteiger partial charge in [0.25, 0.3) is 0 Å². The van der Waals surface area contributed by atoms with Crippen molar-refractivity contribution in [3.63, 3.8) is 0 Å². The molecule has 0 radical (unpaired) electrons. The molecule has 0 spiro atoms. The molecule has 2 amide bonds. The fourth-order valence-corrected chi connectivity index (χ4v) is 2.08. The maximum atomic E-state index is 12.0. The van der Waals surface area contributed by atoms with Crippen molar-refractivity contribution in [1.29, 1.82) is 5.41 Å². The molecule has 1 saturated heterocycles. The van der Waals surface area contributed by atoms with Crippen molar-refractivity contribution in [2.75, 3.05) is 25.5 Å². The summed E-state index contributed by atoms with van der Waals surface area (Å²) in [4.78, 5) is 13.8. The maximum absolute atomic E-state index is 12.0. The van der Waals surface area contributed by atoms with Gasteiger partial charge in [0.15, 0.2) is 0 Å². The summed E-state index contributed by atoms with van der Waals surface area (Å²) in [5.41, 5.74) is 6.57. The number of anilines is 1. The van der Waals surface area contributed by atoms with E-state index < -0.39 is 0 Å². The molecule has 0 unspecified atom stereocenters. The molecular weight excluding hydrogens is 244 g/mol. The van der Waals surface area contributed by atoms with Gasteiger partial charge in [-0.2, -0.15) is 0 Å². The molecule has 19 heavy (non-hydrogen) atoms. The Hall–Kier alpha value is -2.24. The quantitative estimate of drug-likeness (QED) is 0.571. The highest BCUT2D eigenvalue weighted by atomic mass is 16.5. The highest BCUT2D eigenvalue weighted by molar-refractivity contribution is 5.97. The number of hydrogen-bond acceptors (Lipinski definition) is 3. The zero-order valence-corrected chi connectivity index (χ0v) is 10.9. The van der Waals surface area contributed by atoms with Crippen LogP contribution in [0, 0.1) is 5.41 Å². The number of nitrogens with one attached hydrogen (secondary N) is 2. The average molecular weight is 262 g/mol. The first-order chi connectivity index (χ1) is 9.11. The Balaban J connectivity index is 2.15. The molecule has 0 bridgehead atoms. The van der Waals surface area contributed by atoms with E-state index in [1.165, 1.54) is 7.11 Å². The van der Waals surface area contributed by atoms with Gasteiger partial charge in [-0.05, 0) is 31.0 Å². The lowest BCUT2D eigenvalue weighted by Gasteiger charge is -2.18. The number of nitrogens with two attached hydrogens (primary N) is 1. The summed E-state index contributed by atoms with van der Waals surface area (Å²) in [6, 6.07) is 4.90. The minimum Gasteiger partial charge on any atom is -0.495 e. The number of ether oxygens (including phenoxy) is 1. The van der Waals surface area contributed by atoms with Gasteiger partial charge < -0.3 is 20.7 Å². The van der Waals surface area contributed by atoms with E-state index >= 15 is 0 Å². The van der Waals surface area contributed by atoms with Crippen LogP contribution in [0.15, 0.2) is 18.2 Å². The van der Waals surface area contributed by atoms with Gasteiger partial charge in [0.05, 0.1) is 12.8 Å². The third-order valence-corrected chi connectivity index (χ3v) is 3.15. The molecular formula is C13H18N4O2. The third-order valence-electron chi connectivity index (χ3n) is 3.15. The van der Waals surface area contributed by atoms with Gasteiger partial charge in [-0.1, -0.05) is 0 Å². The Morgan fingerprint density at radius 2 is 2.11 bits per heavy atom. The lowest BCUT2D eigenvalue weighted by atomic mass is 10.1. The van der Waals surface area contributed by atoms with Crippen molar-refractivity contribution in [1.82, 2.24) is 4.90 Å². The van der Waals surface area contributed by atoms with Crippen LogP contribution in [-0.4, -0.2) is 37.0 Å². The summed E-state index contributed by atoms with van der Waals surface area (Å²) < 4.78 is 5.21. The Morgan fingerprint density at radius 3 is 2.68 bits per heavy atom. The van der Waals surface area contributed by atoms with Crippen LogP contribution in [0.2, 0.25) is 0 Å². The molecule has 4 N–H and O–H groups in total. The number of hydrogen-bond donors (Lipinski definition) is 3. The molecule has 0 saturated carbocycles. The van der Waals surface area contributed by atoms with Crippen molar-refractivity contribution in [3.8, 4) is 5.75 Å². The van der Waals surface area contributed by atoms with Crippen LogP contribution in [0.4, 0.5) is 10.5 Å². The summed E-state index contributed by atoms with van der Waals surface area (Å²) >= 11 is 0. The van der Waals surface area contributed by atoms with Gasteiger partial charge in [0.1, 0.15) is 11.6 Å². The molecule has 0 aromatic heterocycles. The summed E-state index contributed by atoms with van der Waals surface area (Å²) in [6.45, 7) is 1.58. The number of amidine groups is 1. The smallest absolute Gasteiger partial charge is 0.321 e. The molecule has 1 heterocycles. The van der Waals surface area contributed by atoms with Crippen LogP contribution in [0.1, 0.15) is 18.4 Å². The number of methoxy groups -OCH3 is 1. The normalized spacial score (nSPS) is 14.3. The monoisotopic (exact) mass is 262 g/mol. The molecule has 102 valence electrons. The fourth-order valence-electron chi connectivity index (χ4n) is 2.08. The Bertz CT molecular complexity index is 495. The first kappa shape index (κ1) is 13.2. The van der Waals surface area contributed by atoms with Gasteiger partial charge in [-0.3, -0.25) is 5.41 Å². The van der Waals surface area contributed by atoms with Crippen molar-refractivity contribution in [3.05, 3.63) is 23.8 Å². The van der Waals surface area contributed by atoms with Crippen LogP contribution < -0.4 is 15.8 Å². The molecule has 0 aliphatic carbocycles. The van der Waals surface area contributed by atoms with E-state index in [1.54, 1.807) is 23.1 Å². The number of urea groups is 1. The van der Waals surface area contributed by atoms with E-state index in [2.05, 4.69) is 5.32 Å². The predicted octanol–water partition coefficient (Wildman–Crippen LogP) is 1.61. The second kappa shape index (κ2) is 5.60. The van der Waals surface area contributed by atoms with Gasteiger partial charge in [-0.25, -0.2) is 4.79 Å². The van der Waals surface area contributed by atoms with E-state index in [0.717, 1.165) is 25.9 Å². The largest absolute Gasteiger partial charge is 0.495 e. The fraction of sp³-hybridized carbons (Fsp3) is 0.385. The number of likely N-dealkylation sites (tertiary alicyclic amines) is 1. The van der Waals surface area contributed by atoms with Gasteiger partial charge in [0, 0.05) is 18.7 Å². The second-order valence-corrected chi connectivity index (χ2v) is 4.45. The number of nitrogens with zero attached hydrogens (tertiary/aromatic N) is 1. The second-order valence-electron chi connectivity index (χ2n) is 4.45. The molecule has 6 nitrogen and oxygen atoms in total. The number of rotatable bonds is 3. The SMILES string of the molecule is COc1cc(C(=N)N)ccc1NC(=O)N1CCCC1. The van der Waals surface area contributed by atoms with Crippen LogP contribution >= 0.6 is 0 Å². The zero-order chi connectivity index (χ0) is 13.8. The number of carbonyl (C=O) groups is 1. The van der Waals surface area contributed by atoms with Crippen LogP contribution in [0.25, 0.3) is 0 Å². The van der Waals surface area contributed by atoms with Crippen molar-refractivity contribution in [2.24, 2.45) is 5.73 Å². The maximum Gasteiger partial charge on any atom is 0.321 e. The Kier molecular flexibility index (Phi) is 3.89. The molecule has 6 heteroatoms. The van der Waals surface area contributed by atoms with Gasteiger partial charge >= 0.3 is 6.03 Å². The highest BCUT2D eigenvalue weighted by Crippen LogP contribution is 2.26. The third kappa shape index (κ3) is 2.96. The van der Waals surface area contributed by atoms with Gasteiger partial charge in [0.2, 0.25) is 0 Å². The average Bonchev–Trinajstić information content (AvgIpc) is 2.92. The molecule has 2 rings (SSSR count).